The molecule has 0 fully saturated rings. The first-order valence-electron chi connectivity index (χ1n) is 6.69. The molecule has 0 bridgehead atoms. The number of likely N-dealkylation sites (N-methyl/N-ethyl adjacent to an activating group) is 1. The first kappa shape index (κ1) is 16.8. The van der Waals surface area contributed by atoms with Crippen LogP contribution in [-0.4, -0.2) is 76.4 Å². The zero-order chi connectivity index (χ0) is 13.1. The fraction of sp³-hybridized carbons (Fsp3) is 1.00. The fourth-order valence-corrected chi connectivity index (χ4v) is 1.82. The van der Waals surface area contributed by atoms with Gasteiger partial charge in [-0.1, -0.05) is 6.92 Å². The van der Waals surface area contributed by atoms with E-state index >= 15 is 0 Å². The predicted octanol–water partition coefficient (Wildman–Crippen LogP) is 0.885. The Labute approximate surface area is 107 Å². The first-order valence-corrected chi connectivity index (χ1v) is 6.69. The van der Waals surface area contributed by atoms with Crippen LogP contribution < -0.4 is 5.32 Å². The van der Waals surface area contributed by atoms with Gasteiger partial charge in [0.1, 0.15) is 0 Å². The smallest absolute Gasteiger partial charge is 0.0613 e. The topological polar surface area (TPSA) is 27.7 Å². The molecule has 0 saturated carbocycles. The third kappa shape index (κ3) is 10.7. The number of hydrogen-bond acceptors (Lipinski definition) is 4. The molecule has 104 valence electrons. The lowest BCUT2D eigenvalue weighted by molar-refractivity contribution is 0.169. The number of nitrogens with one attached hydrogen (secondary N) is 1. The molecule has 0 aromatic heterocycles. The van der Waals surface area contributed by atoms with Crippen molar-refractivity contribution >= 4 is 0 Å². The van der Waals surface area contributed by atoms with Crippen molar-refractivity contribution in [3.05, 3.63) is 0 Å². The largest absolute Gasteiger partial charge is 0.383 e. The van der Waals surface area contributed by atoms with Gasteiger partial charge < -0.3 is 19.9 Å². The Morgan fingerprint density at radius 2 is 1.88 bits per heavy atom. The Hall–Kier alpha value is -0.160. The van der Waals surface area contributed by atoms with Crippen LogP contribution in [0.5, 0.6) is 0 Å². The van der Waals surface area contributed by atoms with Crippen LogP contribution in [0.4, 0.5) is 0 Å². The Kier molecular flexibility index (Phi) is 10.9. The van der Waals surface area contributed by atoms with E-state index in [1.54, 1.807) is 7.11 Å². The molecule has 4 heteroatoms. The average molecular weight is 245 g/mol. The molecule has 0 heterocycles. The van der Waals surface area contributed by atoms with Crippen molar-refractivity contribution < 1.29 is 4.74 Å². The van der Waals surface area contributed by atoms with Crippen molar-refractivity contribution in [3.8, 4) is 0 Å². The number of methoxy groups -OCH3 is 1. The third-order valence-corrected chi connectivity index (χ3v) is 2.86. The van der Waals surface area contributed by atoms with Crippen LogP contribution in [-0.2, 0) is 4.74 Å². The van der Waals surface area contributed by atoms with Crippen molar-refractivity contribution in [1.82, 2.24) is 15.1 Å². The highest BCUT2D eigenvalue weighted by atomic mass is 16.5. The summed E-state index contributed by atoms with van der Waals surface area (Å²) < 4.78 is 5.10. The summed E-state index contributed by atoms with van der Waals surface area (Å²) in [5.41, 5.74) is 0. The van der Waals surface area contributed by atoms with E-state index in [1.807, 2.05) is 0 Å². The van der Waals surface area contributed by atoms with Gasteiger partial charge in [0.25, 0.3) is 0 Å². The molecule has 17 heavy (non-hydrogen) atoms. The number of nitrogens with zero attached hydrogens (tertiary/aromatic N) is 2. The molecule has 0 aromatic carbocycles. The van der Waals surface area contributed by atoms with Gasteiger partial charge in [-0.05, 0) is 47.1 Å². The second-order valence-electron chi connectivity index (χ2n) is 4.90. The lowest BCUT2D eigenvalue weighted by Gasteiger charge is -2.22. The molecule has 0 aliphatic carbocycles. The van der Waals surface area contributed by atoms with E-state index < -0.39 is 0 Å². The molecule has 0 saturated heterocycles. The molecule has 1 N–H and O–H groups in total. The fourth-order valence-electron chi connectivity index (χ4n) is 1.82. The maximum Gasteiger partial charge on any atom is 0.0613 e. The summed E-state index contributed by atoms with van der Waals surface area (Å²) in [6.45, 7) is 10.8. The summed E-state index contributed by atoms with van der Waals surface area (Å²) in [7, 11) is 6.01. The Morgan fingerprint density at radius 3 is 2.41 bits per heavy atom. The Morgan fingerprint density at radius 1 is 1.18 bits per heavy atom. The predicted molar refractivity (Wildman–Crippen MR) is 74.6 cm³/mol. The molecule has 1 unspecified atom stereocenters. The van der Waals surface area contributed by atoms with E-state index in [1.165, 1.54) is 19.5 Å². The standard InChI is InChI=1S/C13H31N3O/c1-6-16(10-7-9-15(3)4)11-8-14-13(2)12-17-5/h13-14H,6-12H2,1-5H3. The molecule has 4 nitrogen and oxygen atoms in total. The van der Waals surface area contributed by atoms with Gasteiger partial charge in [0.2, 0.25) is 0 Å². The second-order valence-corrected chi connectivity index (χ2v) is 4.90. The molecule has 0 radical (unpaired) electrons. The summed E-state index contributed by atoms with van der Waals surface area (Å²) in [5, 5.41) is 3.47. The zero-order valence-corrected chi connectivity index (χ0v) is 12.3. The molecule has 0 amide bonds. The normalized spacial score (nSPS) is 13.6. The Bertz CT molecular complexity index is 165. The highest BCUT2D eigenvalue weighted by Crippen LogP contribution is 1.92. The summed E-state index contributed by atoms with van der Waals surface area (Å²) in [5.74, 6) is 0. The highest BCUT2D eigenvalue weighted by molar-refractivity contribution is 4.63. The molecule has 1 atom stereocenters. The van der Waals surface area contributed by atoms with Crippen LogP contribution in [0.2, 0.25) is 0 Å². The Balaban J connectivity index is 3.53. The van der Waals surface area contributed by atoms with Crippen LogP contribution in [0, 0.1) is 0 Å². The summed E-state index contributed by atoms with van der Waals surface area (Å²) in [4.78, 5) is 4.74. The van der Waals surface area contributed by atoms with Gasteiger partial charge in [-0.25, -0.2) is 0 Å². The summed E-state index contributed by atoms with van der Waals surface area (Å²) in [6, 6.07) is 0.445. The van der Waals surface area contributed by atoms with Gasteiger partial charge in [0.15, 0.2) is 0 Å². The van der Waals surface area contributed by atoms with Crippen LogP contribution in [0.3, 0.4) is 0 Å². The maximum atomic E-state index is 5.10. The van der Waals surface area contributed by atoms with Crippen molar-refractivity contribution in [2.75, 3.05) is 60.5 Å². The van der Waals surface area contributed by atoms with Crippen LogP contribution in [0.25, 0.3) is 0 Å². The van der Waals surface area contributed by atoms with Gasteiger partial charge in [0, 0.05) is 26.2 Å². The van der Waals surface area contributed by atoms with E-state index in [4.69, 9.17) is 4.74 Å². The van der Waals surface area contributed by atoms with E-state index in [9.17, 15) is 0 Å². The van der Waals surface area contributed by atoms with E-state index in [0.717, 1.165) is 26.2 Å². The van der Waals surface area contributed by atoms with Crippen molar-refractivity contribution in [3.63, 3.8) is 0 Å². The molecular weight excluding hydrogens is 214 g/mol. The van der Waals surface area contributed by atoms with E-state index in [0.29, 0.717) is 6.04 Å². The quantitative estimate of drug-likeness (QED) is 0.585. The number of rotatable bonds is 11. The monoisotopic (exact) mass is 245 g/mol. The third-order valence-electron chi connectivity index (χ3n) is 2.86. The second kappa shape index (κ2) is 11.0. The van der Waals surface area contributed by atoms with E-state index in [-0.39, 0.29) is 0 Å². The lowest BCUT2D eigenvalue weighted by Crippen LogP contribution is -2.38. The van der Waals surface area contributed by atoms with Gasteiger partial charge in [-0.2, -0.15) is 0 Å². The van der Waals surface area contributed by atoms with Gasteiger partial charge in [-0.15, -0.1) is 0 Å². The number of ether oxygens (including phenoxy) is 1. The average Bonchev–Trinajstić information content (AvgIpc) is 2.27. The summed E-state index contributed by atoms with van der Waals surface area (Å²) >= 11 is 0. The minimum Gasteiger partial charge on any atom is -0.383 e. The van der Waals surface area contributed by atoms with Gasteiger partial charge >= 0.3 is 0 Å². The molecule has 0 aromatic rings. The minimum atomic E-state index is 0.445. The van der Waals surface area contributed by atoms with Crippen LogP contribution in [0.1, 0.15) is 20.3 Å². The summed E-state index contributed by atoms with van der Waals surface area (Å²) in [6.07, 6.45) is 1.24. The first-order chi connectivity index (χ1) is 8.10. The van der Waals surface area contributed by atoms with Crippen LogP contribution in [0.15, 0.2) is 0 Å². The maximum absolute atomic E-state index is 5.10. The highest BCUT2D eigenvalue weighted by Gasteiger charge is 2.04. The minimum absolute atomic E-state index is 0.445. The van der Waals surface area contributed by atoms with Crippen molar-refractivity contribution in [1.29, 1.82) is 0 Å². The van der Waals surface area contributed by atoms with Gasteiger partial charge in [-0.3, -0.25) is 0 Å². The van der Waals surface area contributed by atoms with E-state index in [2.05, 4.69) is 43.1 Å². The molecule has 0 spiro atoms. The molecule has 0 aliphatic heterocycles. The molecule has 0 rings (SSSR count). The van der Waals surface area contributed by atoms with Crippen molar-refractivity contribution in [2.24, 2.45) is 0 Å². The van der Waals surface area contributed by atoms with Crippen molar-refractivity contribution in [2.45, 2.75) is 26.3 Å². The van der Waals surface area contributed by atoms with Crippen LogP contribution >= 0.6 is 0 Å². The van der Waals surface area contributed by atoms with Gasteiger partial charge in [0.05, 0.1) is 6.61 Å². The molecule has 0 aliphatic rings. The molecular formula is C13H31N3O. The zero-order valence-electron chi connectivity index (χ0n) is 12.3. The number of hydrogen-bond donors (Lipinski definition) is 1. The SMILES string of the molecule is CCN(CCCN(C)C)CCNC(C)COC. The lowest BCUT2D eigenvalue weighted by atomic mass is 10.3.